The van der Waals surface area contributed by atoms with E-state index in [4.69, 9.17) is 9.84 Å². The molecule has 2 nitrogen and oxygen atoms in total. The molecule has 11 heavy (non-hydrogen) atoms. The van der Waals surface area contributed by atoms with Gasteiger partial charge >= 0.3 is 0 Å². The van der Waals surface area contributed by atoms with E-state index in [1.54, 1.807) is 0 Å². The molecule has 1 aliphatic rings. The summed E-state index contributed by atoms with van der Waals surface area (Å²) in [7, 11) is 0. The van der Waals surface area contributed by atoms with Crippen LogP contribution in [0.4, 0.5) is 0 Å². The number of hydrogen-bond acceptors (Lipinski definition) is 2. The average Bonchev–Trinajstić information content (AvgIpc) is 2.30. The van der Waals surface area contributed by atoms with Crippen molar-refractivity contribution in [3.05, 3.63) is 12.2 Å². The van der Waals surface area contributed by atoms with E-state index in [1.807, 2.05) is 0 Å². The Morgan fingerprint density at radius 3 is 2.73 bits per heavy atom. The molecular formula is C9H16O2. The molecule has 0 aromatic heterocycles. The minimum absolute atomic E-state index is 0.162. The fraction of sp³-hybridized carbons (Fsp3) is 0.778. The highest BCUT2D eigenvalue weighted by molar-refractivity contribution is 5.09. The molecule has 1 aliphatic heterocycles. The van der Waals surface area contributed by atoms with Crippen LogP contribution in [0.3, 0.4) is 0 Å². The van der Waals surface area contributed by atoms with E-state index in [-0.39, 0.29) is 18.6 Å². The summed E-state index contributed by atoms with van der Waals surface area (Å²) in [6, 6.07) is 0. The Morgan fingerprint density at radius 2 is 2.36 bits per heavy atom. The lowest BCUT2D eigenvalue weighted by Crippen LogP contribution is -2.25. The smallest absolute Gasteiger partial charge is 0.0690 e. The molecule has 0 aliphatic carbocycles. The molecule has 0 saturated carbocycles. The van der Waals surface area contributed by atoms with Gasteiger partial charge in [-0.15, -0.1) is 0 Å². The fourth-order valence-corrected chi connectivity index (χ4v) is 1.55. The Hall–Kier alpha value is -0.340. The van der Waals surface area contributed by atoms with Crippen LogP contribution in [0, 0.1) is 11.8 Å². The zero-order valence-electron chi connectivity index (χ0n) is 7.21. The third kappa shape index (κ3) is 1.63. The van der Waals surface area contributed by atoms with Crippen molar-refractivity contribution in [1.29, 1.82) is 0 Å². The highest BCUT2D eigenvalue weighted by atomic mass is 16.5. The molecule has 0 unspecified atom stereocenters. The van der Waals surface area contributed by atoms with Crippen molar-refractivity contribution in [2.75, 3.05) is 13.2 Å². The molecule has 1 rings (SSSR count). The zero-order chi connectivity index (χ0) is 8.43. The molecule has 0 aromatic rings. The maximum atomic E-state index is 9.01. The summed E-state index contributed by atoms with van der Waals surface area (Å²) < 4.78 is 5.47. The van der Waals surface area contributed by atoms with E-state index in [1.165, 1.54) is 0 Å². The Bertz CT molecular complexity index is 152. The summed E-state index contributed by atoms with van der Waals surface area (Å²) in [5.41, 5.74) is 1.03. The lowest BCUT2D eigenvalue weighted by molar-refractivity contribution is 0.0388. The fourth-order valence-electron chi connectivity index (χ4n) is 1.55. The van der Waals surface area contributed by atoms with Crippen molar-refractivity contribution in [1.82, 2.24) is 0 Å². The van der Waals surface area contributed by atoms with Gasteiger partial charge in [0, 0.05) is 5.92 Å². The van der Waals surface area contributed by atoms with Crippen LogP contribution in [0.15, 0.2) is 12.2 Å². The van der Waals surface area contributed by atoms with Gasteiger partial charge in [0.05, 0.1) is 19.3 Å². The molecule has 2 atom stereocenters. The van der Waals surface area contributed by atoms with Gasteiger partial charge in [-0.25, -0.2) is 0 Å². The van der Waals surface area contributed by atoms with Crippen molar-refractivity contribution in [3.8, 4) is 0 Å². The van der Waals surface area contributed by atoms with Gasteiger partial charge in [0.1, 0.15) is 0 Å². The van der Waals surface area contributed by atoms with Crippen molar-refractivity contribution in [2.45, 2.75) is 20.0 Å². The van der Waals surface area contributed by atoms with Gasteiger partial charge in [0.25, 0.3) is 0 Å². The molecule has 1 fully saturated rings. The molecular weight excluding hydrogens is 140 g/mol. The maximum Gasteiger partial charge on any atom is 0.0690 e. The monoisotopic (exact) mass is 156 g/mol. The average molecular weight is 156 g/mol. The summed E-state index contributed by atoms with van der Waals surface area (Å²) in [5.74, 6) is 0.626. The second kappa shape index (κ2) is 3.37. The normalized spacial score (nSPS) is 31.8. The molecule has 1 N–H and O–H groups in total. The quantitative estimate of drug-likeness (QED) is 0.609. The van der Waals surface area contributed by atoms with E-state index < -0.39 is 0 Å². The van der Waals surface area contributed by atoms with Crippen molar-refractivity contribution < 1.29 is 9.84 Å². The second-order valence-corrected chi connectivity index (χ2v) is 3.47. The van der Waals surface area contributed by atoms with Gasteiger partial charge in [-0.3, -0.25) is 0 Å². The van der Waals surface area contributed by atoms with E-state index in [0.29, 0.717) is 12.5 Å². The maximum absolute atomic E-state index is 9.01. The highest BCUT2D eigenvalue weighted by Gasteiger charge is 2.32. The van der Waals surface area contributed by atoms with Crippen LogP contribution in [-0.2, 0) is 4.74 Å². The lowest BCUT2D eigenvalue weighted by atomic mass is 9.91. The summed E-state index contributed by atoms with van der Waals surface area (Å²) in [4.78, 5) is 0. The first kappa shape index (κ1) is 8.75. The van der Waals surface area contributed by atoms with Crippen LogP contribution in [-0.4, -0.2) is 24.4 Å². The summed E-state index contributed by atoms with van der Waals surface area (Å²) in [5, 5.41) is 9.01. The third-order valence-corrected chi connectivity index (χ3v) is 2.24. The summed E-state index contributed by atoms with van der Waals surface area (Å²) >= 11 is 0. The Labute approximate surface area is 67.9 Å². The Morgan fingerprint density at radius 1 is 1.73 bits per heavy atom. The molecule has 1 saturated heterocycles. The van der Waals surface area contributed by atoms with Crippen LogP contribution in [0.2, 0.25) is 0 Å². The van der Waals surface area contributed by atoms with Gasteiger partial charge < -0.3 is 9.84 Å². The van der Waals surface area contributed by atoms with Gasteiger partial charge in [-0.05, 0) is 11.5 Å². The van der Waals surface area contributed by atoms with Gasteiger partial charge in [-0.2, -0.15) is 0 Å². The molecule has 2 heteroatoms. The van der Waals surface area contributed by atoms with Gasteiger partial charge in [-0.1, -0.05) is 20.4 Å². The van der Waals surface area contributed by atoms with Crippen LogP contribution < -0.4 is 0 Å². The van der Waals surface area contributed by atoms with Crippen LogP contribution in [0.1, 0.15) is 13.8 Å². The van der Waals surface area contributed by atoms with Crippen molar-refractivity contribution >= 4 is 0 Å². The molecule has 64 valence electrons. The van der Waals surface area contributed by atoms with Crippen molar-refractivity contribution in [2.24, 2.45) is 11.8 Å². The van der Waals surface area contributed by atoms with Crippen LogP contribution in [0.25, 0.3) is 0 Å². The first-order valence-corrected chi connectivity index (χ1v) is 4.07. The topological polar surface area (TPSA) is 29.5 Å². The molecule has 1 heterocycles. The zero-order valence-corrected chi connectivity index (χ0v) is 7.21. The number of hydrogen-bond donors (Lipinski definition) is 1. The van der Waals surface area contributed by atoms with E-state index in [0.717, 1.165) is 5.57 Å². The van der Waals surface area contributed by atoms with Crippen molar-refractivity contribution in [3.63, 3.8) is 0 Å². The predicted octanol–water partition coefficient (Wildman–Crippen LogP) is 1.21. The standard InChI is InChI=1S/C9H16O2/c1-6(2)9-8(4-10)7(3)5-11-9/h6,8-10H,3-5H2,1-2H3/t8-,9+/m0/s1. The first-order valence-electron chi connectivity index (χ1n) is 4.07. The Balaban J connectivity index is 2.61. The van der Waals surface area contributed by atoms with Gasteiger partial charge in [0.2, 0.25) is 0 Å². The minimum atomic E-state index is 0.162. The van der Waals surface area contributed by atoms with Crippen LogP contribution >= 0.6 is 0 Å². The van der Waals surface area contributed by atoms with E-state index in [9.17, 15) is 0 Å². The lowest BCUT2D eigenvalue weighted by Gasteiger charge is -2.19. The Kier molecular flexibility index (Phi) is 2.68. The second-order valence-electron chi connectivity index (χ2n) is 3.47. The minimum Gasteiger partial charge on any atom is -0.396 e. The predicted molar refractivity (Wildman–Crippen MR) is 44.3 cm³/mol. The largest absolute Gasteiger partial charge is 0.396 e. The SMILES string of the molecule is C=C1CO[C@H](C(C)C)[C@H]1CO. The van der Waals surface area contributed by atoms with Gasteiger partial charge in [0.15, 0.2) is 0 Å². The number of ether oxygens (including phenoxy) is 1. The molecule has 0 radical (unpaired) electrons. The molecule has 0 aromatic carbocycles. The molecule has 0 spiro atoms. The van der Waals surface area contributed by atoms with E-state index >= 15 is 0 Å². The third-order valence-electron chi connectivity index (χ3n) is 2.24. The number of rotatable bonds is 2. The number of aliphatic hydroxyl groups is 1. The first-order chi connectivity index (χ1) is 5.16. The molecule has 0 amide bonds. The van der Waals surface area contributed by atoms with E-state index in [2.05, 4.69) is 20.4 Å². The van der Waals surface area contributed by atoms with Crippen LogP contribution in [0.5, 0.6) is 0 Å². The molecule has 0 bridgehead atoms. The summed E-state index contributed by atoms with van der Waals surface area (Å²) in [6.07, 6.45) is 0.174. The summed E-state index contributed by atoms with van der Waals surface area (Å²) in [6.45, 7) is 8.85. The highest BCUT2D eigenvalue weighted by Crippen LogP contribution is 2.29. The number of aliphatic hydroxyl groups excluding tert-OH is 1.